The SMILES string of the molecule is Cc1ccccc1C1=C(c2ccccc2C)C(=O)c2ccccc2C1=O. The first-order valence-corrected chi connectivity index (χ1v) is 8.64. The Labute approximate surface area is 152 Å². The fraction of sp³-hybridized carbons (Fsp3) is 0.0833. The summed E-state index contributed by atoms with van der Waals surface area (Å²) in [5.74, 6) is -0.180. The van der Waals surface area contributed by atoms with Crippen molar-refractivity contribution in [2.24, 2.45) is 0 Å². The minimum atomic E-state index is -0.0900. The highest BCUT2D eigenvalue weighted by Crippen LogP contribution is 2.39. The highest BCUT2D eigenvalue weighted by molar-refractivity contribution is 6.52. The molecule has 0 amide bonds. The Bertz CT molecular complexity index is 1000. The molecule has 0 heterocycles. The minimum Gasteiger partial charge on any atom is -0.289 e. The van der Waals surface area contributed by atoms with Gasteiger partial charge in [-0.1, -0.05) is 72.8 Å². The molecule has 3 aromatic carbocycles. The molecule has 1 aliphatic carbocycles. The van der Waals surface area contributed by atoms with Gasteiger partial charge in [-0.3, -0.25) is 9.59 Å². The van der Waals surface area contributed by atoms with E-state index in [1.165, 1.54) is 0 Å². The van der Waals surface area contributed by atoms with E-state index >= 15 is 0 Å². The molecule has 0 atom stereocenters. The van der Waals surface area contributed by atoms with Crippen LogP contribution in [0.4, 0.5) is 0 Å². The molecule has 0 radical (unpaired) electrons. The number of benzene rings is 3. The fourth-order valence-corrected chi connectivity index (χ4v) is 3.60. The number of hydrogen-bond donors (Lipinski definition) is 0. The summed E-state index contributed by atoms with van der Waals surface area (Å²) >= 11 is 0. The van der Waals surface area contributed by atoms with Gasteiger partial charge in [0.2, 0.25) is 0 Å². The zero-order valence-corrected chi connectivity index (χ0v) is 14.7. The van der Waals surface area contributed by atoms with Crippen LogP contribution in [-0.2, 0) is 0 Å². The zero-order chi connectivity index (χ0) is 18.3. The molecule has 3 aromatic rings. The van der Waals surface area contributed by atoms with Gasteiger partial charge in [-0.25, -0.2) is 0 Å². The number of aryl methyl sites for hydroxylation is 2. The Morgan fingerprint density at radius 2 is 0.769 bits per heavy atom. The van der Waals surface area contributed by atoms with E-state index < -0.39 is 0 Å². The van der Waals surface area contributed by atoms with Gasteiger partial charge in [0, 0.05) is 22.3 Å². The monoisotopic (exact) mass is 338 g/mol. The maximum Gasteiger partial charge on any atom is 0.195 e. The number of carbonyl (C=O) groups is 2. The Kier molecular flexibility index (Phi) is 3.89. The second kappa shape index (κ2) is 6.23. The number of ketones is 2. The summed E-state index contributed by atoms with van der Waals surface area (Å²) in [6.45, 7) is 3.94. The van der Waals surface area contributed by atoms with Crippen molar-refractivity contribution in [3.63, 3.8) is 0 Å². The number of hydrogen-bond acceptors (Lipinski definition) is 2. The van der Waals surface area contributed by atoms with Crippen LogP contribution in [0.2, 0.25) is 0 Å². The third-order valence-electron chi connectivity index (χ3n) is 4.95. The van der Waals surface area contributed by atoms with E-state index in [9.17, 15) is 9.59 Å². The van der Waals surface area contributed by atoms with Gasteiger partial charge >= 0.3 is 0 Å². The number of allylic oxidation sites excluding steroid dienone is 2. The van der Waals surface area contributed by atoms with E-state index in [0.717, 1.165) is 22.3 Å². The van der Waals surface area contributed by atoms with Gasteiger partial charge in [0.1, 0.15) is 0 Å². The van der Waals surface area contributed by atoms with Gasteiger partial charge in [0.15, 0.2) is 11.6 Å². The molecule has 2 nitrogen and oxygen atoms in total. The first-order valence-electron chi connectivity index (χ1n) is 8.64. The van der Waals surface area contributed by atoms with Crippen molar-refractivity contribution < 1.29 is 9.59 Å². The van der Waals surface area contributed by atoms with Gasteiger partial charge in [0.25, 0.3) is 0 Å². The zero-order valence-electron chi connectivity index (χ0n) is 14.7. The summed E-state index contributed by atoms with van der Waals surface area (Å²) in [7, 11) is 0. The van der Waals surface area contributed by atoms with E-state index in [1.54, 1.807) is 24.3 Å². The predicted octanol–water partition coefficient (Wildman–Crippen LogP) is 5.29. The van der Waals surface area contributed by atoms with E-state index in [-0.39, 0.29) is 11.6 Å². The topological polar surface area (TPSA) is 34.1 Å². The lowest BCUT2D eigenvalue weighted by atomic mass is 9.77. The summed E-state index contributed by atoms with van der Waals surface area (Å²) in [5, 5.41) is 0. The third kappa shape index (κ3) is 2.42. The van der Waals surface area contributed by atoms with Crippen molar-refractivity contribution in [3.05, 3.63) is 106 Å². The van der Waals surface area contributed by atoms with E-state index in [2.05, 4.69) is 0 Å². The van der Waals surface area contributed by atoms with Crippen LogP contribution in [0.3, 0.4) is 0 Å². The molecule has 4 rings (SSSR count). The lowest BCUT2D eigenvalue weighted by molar-refractivity contribution is 0.101. The van der Waals surface area contributed by atoms with Gasteiger partial charge < -0.3 is 0 Å². The van der Waals surface area contributed by atoms with E-state index in [4.69, 9.17) is 0 Å². The van der Waals surface area contributed by atoms with Crippen LogP contribution in [-0.4, -0.2) is 11.6 Å². The first kappa shape index (κ1) is 16.2. The van der Waals surface area contributed by atoms with Crippen molar-refractivity contribution in [1.29, 1.82) is 0 Å². The fourth-order valence-electron chi connectivity index (χ4n) is 3.60. The molecular formula is C24H18O2. The average molecular weight is 338 g/mol. The van der Waals surface area contributed by atoms with Crippen LogP contribution in [0.15, 0.2) is 72.8 Å². The molecule has 0 unspecified atom stereocenters. The summed E-state index contributed by atoms with van der Waals surface area (Å²) in [4.78, 5) is 26.8. The highest BCUT2D eigenvalue weighted by atomic mass is 16.1. The summed E-state index contributed by atoms with van der Waals surface area (Å²) in [5.41, 5.74) is 5.56. The lowest BCUT2D eigenvalue weighted by Gasteiger charge is -2.23. The van der Waals surface area contributed by atoms with Crippen molar-refractivity contribution >= 4 is 22.7 Å². The van der Waals surface area contributed by atoms with Crippen molar-refractivity contribution in [2.75, 3.05) is 0 Å². The molecule has 0 aliphatic heterocycles. The van der Waals surface area contributed by atoms with Crippen LogP contribution >= 0.6 is 0 Å². The number of rotatable bonds is 2. The summed E-state index contributed by atoms with van der Waals surface area (Å²) < 4.78 is 0. The smallest absolute Gasteiger partial charge is 0.195 e. The van der Waals surface area contributed by atoms with Crippen molar-refractivity contribution in [1.82, 2.24) is 0 Å². The first-order chi connectivity index (χ1) is 12.6. The maximum absolute atomic E-state index is 13.4. The van der Waals surface area contributed by atoms with E-state index in [0.29, 0.717) is 22.3 Å². The second-order valence-corrected chi connectivity index (χ2v) is 6.58. The maximum atomic E-state index is 13.4. The Balaban J connectivity index is 2.11. The Morgan fingerprint density at radius 3 is 1.12 bits per heavy atom. The molecule has 0 saturated carbocycles. The molecule has 0 spiro atoms. The van der Waals surface area contributed by atoms with Gasteiger partial charge in [-0.05, 0) is 36.1 Å². The standard InChI is InChI=1S/C24H18O2/c1-15-9-3-5-11-17(15)21-22(18-12-6-4-10-16(18)2)24(26)20-14-8-7-13-19(20)23(21)25/h3-14H,1-2H3. The number of carbonyl (C=O) groups excluding carboxylic acids is 2. The quantitative estimate of drug-likeness (QED) is 0.636. The Morgan fingerprint density at radius 1 is 0.462 bits per heavy atom. The highest BCUT2D eigenvalue weighted by Gasteiger charge is 2.34. The normalized spacial score (nSPS) is 13.8. The van der Waals surface area contributed by atoms with Crippen molar-refractivity contribution in [2.45, 2.75) is 13.8 Å². The van der Waals surface area contributed by atoms with Crippen molar-refractivity contribution in [3.8, 4) is 0 Å². The molecule has 2 heteroatoms. The molecule has 0 fully saturated rings. The molecule has 0 aromatic heterocycles. The molecule has 0 saturated heterocycles. The predicted molar refractivity (Wildman–Crippen MR) is 104 cm³/mol. The minimum absolute atomic E-state index is 0.0900. The second-order valence-electron chi connectivity index (χ2n) is 6.58. The van der Waals surface area contributed by atoms with Crippen LogP contribution in [0.25, 0.3) is 11.1 Å². The molecule has 1 aliphatic rings. The number of Topliss-reactive ketones (excluding diaryl/α,β-unsaturated/α-hetero) is 2. The van der Waals surface area contributed by atoms with Gasteiger partial charge in [0.05, 0.1) is 0 Å². The van der Waals surface area contributed by atoms with Gasteiger partial charge in [-0.15, -0.1) is 0 Å². The van der Waals surface area contributed by atoms with Crippen LogP contribution in [0.1, 0.15) is 43.0 Å². The molecule has 26 heavy (non-hydrogen) atoms. The molecule has 0 bridgehead atoms. The lowest BCUT2D eigenvalue weighted by Crippen LogP contribution is -2.21. The Hall–Kier alpha value is -3.26. The van der Waals surface area contributed by atoms with Crippen LogP contribution in [0.5, 0.6) is 0 Å². The summed E-state index contributed by atoms with van der Waals surface area (Å²) in [6, 6.07) is 22.6. The largest absolute Gasteiger partial charge is 0.289 e. The molecular weight excluding hydrogens is 320 g/mol. The van der Waals surface area contributed by atoms with Crippen LogP contribution < -0.4 is 0 Å². The van der Waals surface area contributed by atoms with Crippen LogP contribution in [0, 0.1) is 13.8 Å². The molecule has 126 valence electrons. The third-order valence-corrected chi connectivity index (χ3v) is 4.95. The average Bonchev–Trinajstić information content (AvgIpc) is 2.66. The number of fused-ring (bicyclic) bond motifs is 1. The van der Waals surface area contributed by atoms with E-state index in [1.807, 2.05) is 62.4 Å². The van der Waals surface area contributed by atoms with Gasteiger partial charge in [-0.2, -0.15) is 0 Å². The molecule has 0 N–H and O–H groups in total. The summed E-state index contributed by atoms with van der Waals surface area (Å²) in [6.07, 6.45) is 0.